The topological polar surface area (TPSA) is 70.7 Å². The van der Waals surface area contributed by atoms with Crippen molar-refractivity contribution in [3.63, 3.8) is 0 Å². The van der Waals surface area contributed by atoms with E-state index in [4.69, 9.17) is 5.26 Å². The van der Waals surface area contributed by atoms with Gasteiger partial charge in [0.1, 0.15) is 11.8 Å². The number of nitrogens with one attached hydrogen (secondary N) is 1. The third-order valence-electron chi connectivity index (χ3n) is 2.76. The van der Waals surface area contributed by atoms with Gasteiger partial charge in [-0.05, 0) is 18.2 Å². The lowest BCUT2D eigenvalue weighted by Crippen LogP contribution is -2.16. The first kappa shape index (κ1) is 14.6. The molecule has 0 fully saturated rings. The zero-order valence-corrected chi connectivity index (χ0v) is 10.8. The van der Waals surface area contributed by atoms with Crippen molar-refractivity contribution >= 4 is 11.6 Å². The van der Waals surface area contributed by atoms with Gasteiger partial charge in [-0.15, -0.1) is 0 Å². The maximum atomic E-state index is 12.6. The number of rotatable bonds is 2. The molecular weight excluding hydrogens is 285 g/mol. The normalized spacial score (nSPS) is 11.0. The summed E-state index contributed by atoms with van der Waals surface area (Å²) in [5, 5.41) is 11.3. The van der Waals surface area contributed by atoms with Crippen molar-refractivity contribution in [1.29, 1.82) is 5.26 Å². The number of carbonyl (C=O) groups excluding carboxylic acids is 1. The fourth-order valence-electron chi connectivity index (χ4n) is 1.68. The van der Waals surface area contributed by atoms with Crippen molar-refractivity contribution in [3.8, 4) is 6.07 Å². The second-order valence-electron chi connectivity index (χ2n) is 4.21. The van der Waals surface area contributed by atoms with Crippen molar-refractivity contribution in [2.45, 2.75) is 6.18 Å². The minimum atomic E-state index is -4.55. The molecule has 1 amide bonds. The van der Waals surface area contributed by atoms with Crippen LogP contribution in [0.5, 0.6) is 0 Å². The zero-order valence-electron chi connectivity index (χ0n) is 10.8. The molecule has 1 aromatic heterocycles. The van der Waals surface area contributed by atoms with E-state index in [1.54, 1.807) is 13.1 Å². The number of nitriles is 1. The number of nitrogens with zero attached hydrogens (tertiary/aromatic N) is 3. The molecule has 0 saturated carbocycles. The van der Waals surface area contributed by atoms with Crippen LogP contribution in [-0.2, 0) is 13.2 Å². The Kier molecular flexibility index (Phi) is 3.67. The second-order valence-corrected chi connectivity index (χ2v) is 4.21. The van der Waals surface area contributed by atoms with Gasteiger partial charge in [0.05, 0.1) is 29.3 Å². The molecule has 21 heavy (non-hydrogen) atoms. The van der Waals surface area contributed by atoms with E-state index in [1.165, 1.54) is 17.1 Å². The highest BCUT2D eigenvalue weighted by molar-refractivity contribution is 6.03. The van der Waals surface area contributed by atoms with Crippen LogP contribution in [0.2, 0.25) is 0 Å². The molecule has 5 nitrogen and oxygen atoms in total. The van der Waals surface area contributed by atoms with E-state index >= 15 is 0 Å². The van der Waals surface area contributed by atoms with Gasteiger partial charge in [-0.1, -0.05) is 0 Å². The average Bonchev–Trinajstić information content (AvgIpc) is 2.84. The second kappa shape index (κ2) is 5.28. The third-order valence-corrected chi connectivity index (χ3v) is 2.76. The number of carbonyl (C=O) groups is 1. The first-order valence-electron chi connectivity index (χ1n) is 5.72. The Bertz CT molecular complexity index is 728. The van der Waals surface area contributed by atoms with E-state index in [0.717, 1.165) is 12.1 Å². The molecule has 0 unspecified atom stereocenters. The fraction of sp³-hybridized carbons (Fsp3) is 0.154. The summed E-state index contributed by atoms with van der Waals surface area (Å²) >= 11 is 0. The number of imidazole rings is 1. The molecule has 0 bridgehead atoms. The summed E-state index contributed by atoms with van der Waals surface area (Å²) < 4.78 is 39.1. The third kappa shape index (κ3) is 3.02. The van der Waals surface area contributed by atoms with Gasteiger partial charge in [0.15, 0.2) is 0 Å². The molecular formula is C13H9F3N4O. The summed E-state index contributed by atoms with van der Waals surface area (Å²) in [5.74, 6) is -0.564. The van der Waals surface area contributed by atoms with Crippen LogP contribution < -0.4 is 5.32 Å². The Morgan fingerprint density at radius 1 is 1.43 bits per heavy atom. The molecule has 0 saturated heterocycles. The predicted molar refractivity (Wildman–Crippen MR) is 67.3 cm³/mol. The van der Waals surface area contributed by atoms with Crippen molar-refractivity contribution in [2.24, 2.45) is 7.05 Å². The number of hydrogen-bond acceptors (Lipinski definition) is 3. The molecule has 0 aliphatic heterocycles. The standard InChI is InChI=1S/C13H9F3N4O/c1-20-7-18-6-11(20)12(21)19-10-3-2-9(13(14,15)16)4-8(10)5-17/h2-4,6-7H,1H3,(H,19,21). The minimum absolute atomic E-state index is 0.0108. The molecule has 0 atom stereocenters. The molecule has 0 aliphatic carbocycles. The maximum absolute atomic E-state index is 12.6. The number of alkyl halides is 3. The Morgan fingerprint density at radius 3 is 2.67 bits per heavy atom. The van der Waals surface area contributed by atoms with Crippen molar-refractivity contribution in [1.82, 2.24) is 9.55 Å². The smallest absolute Gasteiger partial charge is 0.330 e. The predicted octanol–water partition coefficient (Wildman–Crippen LogP) is 2.56. The van der Waals surface area contributed by atoms with Crippen LogP contribution >= 0.6 is 0 Å². The first-order valence-corrected chi connectivity index (χ1v) is 5.72. The SMILES string of the molecule is Cn1cncc1C(=O)Nc1ccc(C(F)(F)F)cc1C#N. The van der Waals surface area contributed by atoms with Gasteiger partial charge >= 0.3 is 6.18 Å². The number of amides is 1. The molecule has 0 spiro atoms. The Morgan fingerprint density at radius 2 is 2.14 bits per heavy atom. The monoisotopic (exact) mass is 294 g/mol. The average molecular weight is 294 g/mol. The van der Waals surface area contributed by atoms with E-state index in [1.807, 2.05) is 0 Å². The van der Waals surface area contributed by atoms with Crippen LogP contribution in [0.25, 0.3) is 0 Å². The van der Waals surface area contributed by atoms with Gasteiger partial charge in [0.25, 0.3) is 5.91 Å². The molecule has 108 valence electrons. The highest BCUT2D eigenvalue weighted by Crippen LogP contribution is 2.31. The fourth-order valence-corrected chi connectivity index (χ4v) is 1.68. The van der Waals surface area contributed by atoms with Crippen LogP contribution in [0.4, 0.5) is 18.9 Å². The Labute approximate surface area is 117 Å². The lowest BCUT2D eigenvalue weighted by molar-refractivity contribution is -0.137. The van der Waals surface area contributed by atoms with Crippen molar-refractivity contribution in [2.75, 3.05) is 5.32 Å². The van der Waals surface area contributed by atoms with Crippen LogP contribution in [0.1, 0.15) is 21.6 Å². The number of halogens is 3. The highest BCUT2D eigenvalue weighted by atomic mass is 19.4. The Hall–Kier alpha value is -2.82. The first-order chi connectivity index (χ1) is 9.82. The van der Waals surface area contributed by atoms with E-state index in [-0.39, 0.29) is 16.9 Å². The van der Waals surface area contributed by atoms with E-state index in [9.17, 15) is 18.0 Å². The molecule has 8 heteroatoms. The summed E-state index contributed by atoms with van der Waals surface area (Å²) in [6.07, 6.45) is -1.82. The van der Waals surface area contributed by atoms with E-state index in [2.05, 4.69) is 10.3 Å². The number of benzene rings is 1. The number of aromatic nitrogens is 2. The highest BCUT2D eigenvalue weighted by Gasteiger charge is 2.31. The number of hydrogen-bond donors (Lipinski definition) is 1. The van der Waals surface area contributed by atoms with Crippen molar-refractivity contribution < 1.29 is 18.0 Å². The molecule has 1 heterocycles. The van der Waals surface area contributed by atoms with Crippen LogP contribution in [-0.4, -0.2) is 15.5 Å². The maximum Gasteiger partial charge on any atom is 0.416 e. The number of aryl methyl sites for hydroxylation is 1. The molecule has 0 radical (unpaired) electrons. The van der Waals surface area contributed by atoms with Gasteiger partial charge in [0.2, 0.25) is 0 Å². The molecule has 2 aromatic rings. The van der Waals surface area contributed by atoms with Gasteiger partial charge in [-0.3, -0.25) is 4.79 Å². The minimum Gasteiger partial charge on any atom is -0.330 e. The largest absolute Gasteiger partial charge is 0.416 e. The van der Waals surface area contributed by atoms with Crippen LogP contribution in [0, 0.1) is 11.3 Å². The molecule has 0 aliphatic rings. The summed E-state index contributed by atoms with van der Waals surface area (Å²) in [7, 11) is 1.60. The summed E-state index contributed by atoms with van der Waals surface area (Å²) in [5.41, 5.74) is -0.978. The van der Waals surface area contributed by atoms with Crippen molar-refractivity contribution in [3.05, 3.63) is 47.5 Å². The van der Waals surface area contributed by atoms with E-state index in [0.29, 0.717) is 6.07 Å². The number of anilines is 1. The molecule has 1 aromatic carbocycles. The zero-order chi connectivity index (χ0) is 15.6. The Balaban J connectivity index is 2.31. The van der Waals surface area contributed by atoms with Crippen LogP contribution in [0.15, 0.2) is 30.7 Å². The molecule has 1 N–H and O–H groups in total. The quantitative estimate of drug-likeness (QED) is 0.925. The van der Waals surface area contributed by atoms with E-state index < -0.39 is 17.6 Å². The summed E-state index contributed by atoms with van der Waals surface area (Å²) in [4.78, 5) is 15.7. The van der Waals surface area contributed by atoms with Gasteiger partial charge in [0, 0.05) is 7.05 Å². The lowest BCUT2D eigenvalue weighted by Gasteiger charge is -2.11. The summed E-state index contributed by atoms with van der Waals surface area (Å²) in [6.45, 7) is 0. The molecule has 2 rings (SSSR count). The lowest BCUT2D eigenvalue weighted by atomic mass is 10.1. The van der Waals surface area contributed by atoms with Crippen LogP contribution in [0.3, 0.4) is 0 Å². The van der Waals surface area contributed by atoms with Gasteiger partial charge in [-0.25, -0.2) is 4.98 Å². The summed E-state index contributed by atoms with van der Waals surface area (Å²) in [6, 6.07) is 4.19. The van der Waals surface area contributed by atoms with Gasteiger partial charge < -0.3 is 9.88 Å². The van der Waals surface area contributed by atoms with Gasteiger partial charge in [-0.2, -0.15) is 18.4 Å².